The van der Waals surface area contributed by atoms with Crippen LogP contribution in [-0.2, 0) is 24.2 Å². The molecule has 3 heteroatoms. The normalized spacial score (nSPS) is 16.1. The van der Waals surface area contributed by atoms with Gasteiger partial charge in [-0.25, -0.2) is 0 Å². The molecule has 2 aromatic rings. The molecule has 0 aromatic heterocycles. The van der Waals surface area contributed by atoms with Crippen LogP contribution in [0.5, 0.6) is 0 Å². The van der Waals surface area contributed by atoms with Crippen LogP contribution in [0.3, 0.4) is 0 Å². The fourth-order valence-electron chi connectivity index (χ4n) is 3.38. The molecule has 1 aliphatic carbocycles. The van der Waals surface area contributed by atoms with Gasteiger partial charge in [0.2, 0.25) is 5.91 Å². The van der Waals surface area contributed by atoms with Crippen molar-refractivity contribution in [2.45, 2.75) is 45.2 Å². The first-order valence-electron chi connectivity index (χ1n) is 8.82. The molecular weight excluding hydrogens is 296 g/mol. The molecule has 1 amide bonds. The minimum atomic E-state index is 0.0428. The molecule has 0 saturated heterocycles. The Labute approximate surface area is 144 Å². The van der Waals surface area contributed by atoms with E-state index in [-0.39, 0.29) is 17.9 Å². The Bertz CT molecular complexity index is 664. The molecule has 1 aliphatic rings. The van der Waals surface area contributed by atoms with E-state index in [1.807, 2.05) is 31.2 Å². The number of benzene rings is 2. The lowest BCUT2D eigenvalue weighted by molar-refractivity contribution is -0.125. The minimum Gasteiger partial charge on any atom is -0.352 e. The fourth-order valence-corrected chi connectivity index (χ4v) is 3.38. The highest BCUT2D eigenvalue weighted by Gasteiger charge is 2.21. The zero-order valence-corrected chi connectivity index (χ0v) is 14.3. The van der Waals surface area contributed by atoms with E-state index in [2.05, 4.69) is 29.6 Å². The van der Waals surface area contributed by atoms with E-state index in [1.54, 1.807) is 0 Å². The van der Waals surface area contributed by atoms with Crippen LogP contribution in [0, 0.1) is 5.92 Å². The van der Waals surface area contributed by atoms with E-state index in [9.17, 15) is 4.79 Å². The smallest absolute Gasteiger partial charge is 0.223 e. The molecule has 0 spiro atoms. The van der Waals surface area contributed by atoms with Crippen molar-refractivity contribution in [1.82, 2.24) is 5.32 Å². The molecular formula is C21H26N2O. The topological polar surface area (TPSA) is 55.1 Å². The van der Waals surface area contributed by atoms with Crippen LogP contribution in [-0.4, -0.2) is 5.91 Å². The van der Waals surface area contributed by atoms with Crippen LogP contribution < -0.4 is 11.1 Å². The second-order valence-electron chi connectivity index (χ2n) is 6.79. The zero-order chi connectivity index (χ0) is 16.9. The number of aryl methyl sites for hydroxylation is 2. The summed E-state index contributed by atoms with van der Waals surface area (Å²) < 4.78 is 0. The molecule has 1 unspecified atom stereocenters. The van der Waals surface area contributed by atoms with Gasteiger partial charge in [0.25, 0.3) is 0 Å². The van der Waals surface area contributed by atoms with Crippen molar-refractivity contribution in [3.8, 4) is 0 Å². The molecule has 3 N–H and O–H groups in total. The van der Waals surface area contributed by atoms with Crippen molar-refractivity contribution in [2.75, 3.05) is 0 Å². The van der Waals surface area contributed by atoms with E-state index in [0.717, 1.165) is 36.8 Å². The summed E-state index contributed by atoms with van der Waals surface area (Å²) in [4.78, 5) is 12.5. The lowest BCUT2D eigenvalue weighted by Gasteiger charge is -2.14. The number of fused-ring (bicyclic) bond motifs is 1. The molecule has 126 valence electrons. The molecule has 0 heterocycles. The molecule has 3 rings (SSSR count). The van der Waals surface area contributed by atoms with E-state index in [1.165, 1.54) is 11.1 Å². The summed E-state index contributed by atoms with van der Waals surface area (Å²) in [5.41, 5.74) is 10.9. The van der Waals surface area contributed by atoms with Gasteiger partial charge in [0.05, 0.1) is 0 Å². The third-order valence-electron chi connectivity index (χ3n) is 4.99. The number of hydrogen-bond acceptors (Lipinski definition) is 2. The standard InChI is InChI=1S/C21H26N2O/c1-15(22)17-8-6-16(7-9-17)14-23-21(24)20-12-10-18-4-2-3-5-19(18)11-13-20/h2-9,15,20H,10-14,22H2,1H3,(H,23,24). The van der Waals surface area contributed by atoms with Gasteiger partial charge in [0.1, 0.15) is 0 Å². The Morgan fingerprint density at radius 1 is 1.08 bits per heavy atom. The molecule has 24 heavy (non-hydrogen) atoms. The van der Waals surface area contributed by atoms with Crippen molar-refractivity contribution in [2.24, 2.45) is 11.7 Å². The Morgan fingerprint density at radius 2 is 1.67 bits per heavy atom. The Kier molecular flexibility index (Phi) is 5.31. The minimum absolute atomic E-state index is 0.0428. The third-order valence-corrected chi connectivity index (χ3v) is 4.99. The molecule has 2 aromatic carbocycles. The molecule has 0 saturated carbocycles. The third kappa shape index (κ3) is 4.04. The van der Waals surface area contributed by atoms with Crippen molar-refractivity contribution >= 4 is 5.91 Å². The van der Waals surface area contributed by atoms with Crippen molar-refractivity contribution in [1.29, 1.82) is 0 Å². The van der Waals surface area contributed by atoms with Crippen molar-refractivity contribution in [3.05, 3.63) is 70.8 Å². The van der Waals surface area contributed by atoms with Crippen molar-refractivity contribution < 1.29 is 4.79 Å². The molecule has 0 fully saturated rings. The number of carbonyl (C=O) groups is 1. The van der Waals surface area contributed by atoms with E-state index >= 15 is 0 Å². The summed E-state index contributed by atoms with van der Waals surface area (Å²) >= 11 is 0. The predicted molar refractivity (Wildman–Crippen MR) is 97.5 cm³/mol. The van der Waals surface area contributed by atoms with E-state index < -0.39 is 0 Å². The van der Waals surface area contributed by atoms with Crippen LogP contribution in [0.4, 0.5) is 0 Å². The van der Waals surface area contributed by atoms with Crippen molar-refractivity contribution in [3.63, 3.8) is 0 Å². The molecule has 3 nitrogen and oxygen atoms in total. The first-order chi connectivity index (χ1) is 11.6. The van der Waals surface area contributed by atoms with E-state index in [4.69, 9.17) is 5.73 Å². The maximum absolute atomic E-state index is 12.5. The Hall–Kier alpha value is -2.13. The molecule has 0 bridgehead atoms. The van der Waals surface area contributed by atoms with E-state index in [0.29, 0.717) is 6.54 Å². The van der Waals surface area contributed by atoms with Crippen LogP contribution in [0.25, 0.3) is 0 Å². The molecule has 0 aliphatic heterocycles. The predicted octanol–water partition coefficient (Wildman–Crippen LogP) is 3.52. The number of hydrogen-bond donors (Lipinski definition) is 2. The average Bonchev–Trinajstić information content (AvgIpc) is 2.83. The molecule has 1 atom stereocenters. The highest BCUT2D eigenvalue weighted by atomic mass is 16.1. The number of nitrogens with two attached hydrogens (primary N) is 1. The van der Waals surface area contributed by atoms with Crippen LogP contribution in [0.1, 0.15) is 48.1 Å². The maximum atomic E-state index is 12.5. The highest BCUT2D eigenvalue weighted by Crippen LogP contribution is 2.24. The summed E-state index contributed by atoms with van der Waals surface area (Å²) in [7, 11) is 0. The first kappa shape index (κ1) is 16.7. The van der Waals surface area contributed by atoms with Crippen LogP contribution >= 0.6 is 0 Å². The summed E-state index contributed by atoms with van der Waals surface area (Å²) in [5.74, 6) is 0.291. The molecule has 0 radical (unpaired) electrons. The second kappa shape index (κ2) is 7.63. The van der Waals surface area contributed by atoms with Crippen LogP contribution in [0.15, 0.2) is 48.5 Å². The highest BCUT2D eigenvalue weighted by molar-refractivity contribution is 5.78. The van der Waals surface area contributed by atoms with Gasteiger partial charge in [-0.05, 0) is 54.9 Å². The summed E-state index contributed by atoms with van der Waals surface area (Å²) in [6, 6.07) is 16.8. The number of rotatable bonds is 4. The van der Waals surface area contributed by atoms with Gasteiger partial charge in [0.15, 0.2) is 0 Å². The largest absolute Gasteiger partial charge is 0.352 e. The SMILES string of the molecule is CC(N)c1ccc(CNC(=O)C2CCc3ccccc3CC2)cc1. The van der Waals surface area contributed by atoms with Gasteiger partial charge >= 0.3 is 0 Å². The zero-order valence-electron chi connectivity index (χ0n) is 14.3. The Balaban J connectivity index is 1.54. The second-order valence-corrected chi connectivity index (χ2v) is 6.79. The Morgan fingerprint density at radius 3 is 2.21 bits per heavy atom. The fraction of sp³-hybridized carbons (Fsp3) is 0.381. The first-order valence-corrected chi connectivity index (χ1v) is 8.82. The average molecular weight is 322 g/mol. The van der Waals surface area contributed by atoms with Gasteiger partial charge in [0, 0.05) is 18.5 Å². The van der Waals surface area contributed by atoms with Gasteiger partial charge in [-0.3, -0.25) is 4.79 Å². The summed E-state index contributed by atoms with van der Waals surface area (Å²) in [6.45, 7) is 2.56. The van der Waals surface area contributed by atoms with Gasteiger partial charge < -0.3 is 11.1 Å². The van der Waals surface area contributed by atoms with Gasteiger partial charge in [-0.1, -0.05) is 48.5 Å². The maximum Gasteiger partial charge on any atom is 0.223 e. The number of amides is 1. The monoisotopic (exact) mass is 322 g/mol. The lowest BCUT2D eigenvalue weighted by atomic mass is 9.98. The number of carbonyl (C=O) groups excluding carboxylic acids is 1. The lowest BCUT2D eigenvalue weighted by Crippen LogP contribution is -2.30. The summed E-state index contributed by atoms with van der Waals surface area (Å²) in [5, 5.41) is 3.10. The van der Waals surface area contributed by atoms with Gasteiger partial charge in [-0.2, -0.15) is 0 Å². The number of nitrogens with one attached hydrogen (secondary N) is 1. The van der Waals surface area contributed by atoms with Crippen LogP contribution in [0.2, 0.25) is 0 Å². The summed E-state index contributed by atoms with van der Waals surface area (Å²) in [6.07, 6.45) is 3.87. The quantitative estimate of drug-likeness (QED) is 0.846. The van der Waals surface area contributed by atoms with Gasteiger partial charge in [-0.15, -0.1) is 0 Å².